The normalized spacial score (nSPS) is 30.2. The van der Waals surface area contributed by atoms with Crippen molar-refractivity contribution in [2.45, 2.75) is 70.1 Å². The summed E-state index contributed by atoms with van der Waals surface area (Å²) in [6.07, 6.45) is 6.11. The van der Waals surface area contributed by atoms with E-state index >= 15 is 0 Å². The summed E-state index contributed by atoms with van der Waals surface area (Å²) in [6.45, 7) is 2.91. The summed E-state index contributed by atoms with van der Waals surface area (Å²) in [5, 5.41) is 5.77. The minimum Gasteiger partial charge on any atom is -0.484 e. The minimum atomic E-state index is -0.902. The highest BCUT2D eigenvalue weighted by Crippen LogP contribution is 2.55. The molecule has 0 unspecified atom stereocenters. The quantitative estimate of drug-likeness (QED) is 0.621. The monoisotopic (exact) mass is 428 g/mol. The predicted molar refractivity (Wildman–Crippen MR) is 114 cm³/mol. The fourth-order valence-corrected chi connectivity index (χ4v) is 5.96. The Morgan fingerprint density at radius 3 is 2.16 bits per heavy atom. The minimum absolute atomic E-state index is 0.124. The van der Waals surface area contributed by atoms with Crippen LogP contribution in [-0.2, 0) is 19.1 Å². The number of amides is 2. The maximum absolute atomic E-state index is 12.8. The fourth-order valence-electron chi connectivity index (χ4n) is 5.96. The molecule has 5 rings (SSSR count). The van der Waals surface area contributed by atoms with Crippen molar-refractivity contribution >= 4 is 17.8 Å². The summed E-state index contributed by atoms with van der Waals surface area (Å²) in [7, 11) is 0. The molecule has 0 aromatic heterocycles. The molecule has 1 aromatic carbocycles. The number of carbonyl (C=O) groups is 3. The van der Waals surface area contributed by atoms with Gasteiger partial charge in [-0.1, -0.05) is 18.2 Å². The number of hydrogen-bond donors (Lipinski definition) is 2. The first-order chi connectivity index (χ1) is 14.8. The first-order valence-electron chi connectivity index (χ1n) is 11.3. The number of hydrogen-bond acceptors (Lipinski definition) is 5. The molecule has 0 radical (unpaired) electrons. The second-order valence-corrected chi connectivity index (χ2v) is 9.66. The Hall–Kier alpha value is -2.57. The Balaban J connectivity index is 1.22. The van der Waals surface area contributed by atoms with Crippen molar-refractivity contribution in [1.29, 1.82) is 0 Å². The molecule has 4 aliphatic rings. The molecule has 2 atom stereocenters. The molecule has 0 saturated heterocycles. The van der Waals surface area contributed by atoms with Crippen molar-refractivity contribution in [2.24, 2.45) is 17.8 Å². The first kappa shape index (κ1) is 21.7. The molecular formula is C24H32N2O5. The molecule has 31 heavy (non-hydrogen) atoms. The van der Waals surface area contributed by atoms with Gasteiger partial charge in [-0.25, -0.2) is 4.79 Å². The maximum Gasteiger partial charge on any atom is 0.329 e. The van der Waals surface area contributed by atoms with E-state index < -0.39 is 24.0 Å². The van der Waals surface area contributed by atoms with E-state index in [0.29, 0.717) is 5.75 Å². The van der Waals surface area contributed by atoms with Gasteiger partial charge >= 0.3 is 5.97 Å². The number of ether oxygens (including phenoxy) is 2. The molecular weight excluding hydrogens is 396 g/mol. The van der Waals surface area contributed by atoms with Gasteiger partial charge in [-0.15, -0.1) is 0 Å². The topological polar surface area (TPSA) is 93.7 Å². The van der Waals surface area contributed by atoms with Gasteiger partial charge in [0.2, 0.25) is 0 Å². The molecule has 4 aliphatic carbocycles. The number of nitrogens with one attached hydrogen (secondary N) is 2. The highest BCUT2D eigenvalue weighted by molar-refractivity contribution is 5.88. The lowest BCUT2D eigenvalue weighted by atomic mass is 9.53. The van der Waals surface area contributed by atoms with Crippen LogP contribution in [0.1, 0.15) is 52.4 Å². The summed E-state index contributed by atoms with van der Waals surface area (Å²) in [5.41, 5.74) is -0.124. The van der Waals surface area contributed by atoms with Crippen molar-refractivity contribution < 1.29 is 23.9 Å². The average Bonchev–Trinajstić information content (AvgIpc) is 2.71. The smallest absolute Gasteiger partial charge is 0.329 e. The van der Waals surface area contributed by atoms with Gasteiger partial charge < -0.3 is 20.1 Å². The molecule has 1 aromatic rings. The van der Waals surface area contributed by atoms with E-state index in [-0.39, 0.29) is 18.1 Å². The van der Waals surface area contributed by atoms with Crippen LogP contribution in [0.25, 0.3) is 0 Å². The SMILES string of the molecule is C[C@H](NC(=O)COc1ccccc1)C(=O)O[C@H](C)C(=O)NC12CC3CC(CC(C3)C1)C2. The third kappa shape index (κ3) is 5.20. The molecule has 4 saturated carbocycles. The lowest BCUT2D eigenvalue weighted by Gasteiger charge is -2.57. The van der Waals surface area contributed by atoms with Crippen LogP contribution in [0.2, 0.25) is 0 Å². The lowest BCUT2D eigenvalue weighted by molar-refractivity contribution is -0.158. The Morgan fingerprint density at radius 2 is 1.58 bits per heavy atom. The average molecular weight is 429 g/mol. The van der Waals surface area contributed by atoms with Crippen molar-refractivity contribution in [3.8, 4) is 5.75 Å². The van der Waals surface area contributed by atoms with E-state index in [9.17, 15) is 14.4 Å². The van der Waals surface area contributed by atoms with Crippen LogP contribution in [0.15, 0.2) is 30.3 Å². The second-order valence-electron chi connectivity index (χ2n) is 9.66. The number of esters is 1. The van der Waals surface area contributed by atoms with E-state index in [2.05, 4.69) is 10.6 Å². The number of rotatable bonds is 8. The van der Waals surface area contributed by atoms with Crippen LogP contribution in [0.4, 0.5) is 0 Å². The maximum atomic E-state index is 12.8. The molecule has 0 spiro atoms. The molecule has 168 valence electrons. The van der Waals surface area contributed by atoms with Gasteiger partial charge in [-0.3, -0.25) is 9.59 Å². The van der Waals surface area contributed by atoms with Crippen molar-refractivity contribution in [3.05, 3.63) is 30.3 Å². The van der Waals surface area contributed by atoms with E-state index in [1.807, 2.05) is 18.2 Å². The fraction of sp³-hybridized carbons (Fsp3) is 0.625. The Bertz CT molecular complexity index is 789. The van der Waals surface area contributed by atoms with Crippen molar-refractivity contribution in [2.75, 3.05) is 6.61 Å². The third-order valence-corrected chi connectivity index (χ3v) is 6.93. The zero-order valence-corrected chi connectivity index (χ0v) is 18.3. The summed E-state index contributed by atoms with van der Waals surface area (Å²) in [5.74, 6) is 1.41. The Labute approximate surface area is 183 Å². The zero-order chi connectivity index (χ0) is 22.0. The van der Waals surface area contributed by atoms with Gasteiger partial charge in [-0.05, 0) is 82.3 Å². The van der Waals surface area contributed by atoms with E-state index in [1.54, 1.807) is 19.1 Å². The molecule has 0 aliphatic heterocycles. The van der Waals surface area contributed by atoms with Crippen LogP contribution in [0.5, 0.6) is 5.75 Å². The molecule has 7 nitrogen and oxygen atoms in total. The molecule has 0 heterocycles. The molecule has 2 N–H and O–H groups in total. The highest BCUT2D eigenvalue weighted by Gasteiger charge is 2.51. The standard InChI is InChI=1S/C24H32N2O5/c1-15(25-21(27)14-30-20-6-4-3-5-7-20)23(29)31-16(2)22(28)26-24-11-17-8-18(12-24)10-19(9-17)13-24/h3-7,15-19H,8-14H2,1-2H3,(H,25,27)(H,26,28)/t15-,16+,17?,18?,19?,24?/m0/s1. The number of benzene rings is 1. The zero-order valence-electron chi connectivity index (χ0n) is 18.3. The Kier molecular flexibility index (Phi) is 6.21. The van der Waals surface area contributed by atoms with Gasteiger partial charge in [-0.2, -0.15) is 0 Å². The number of para-hydroxylation sites is 1. The van der Waals surface area contributed by atoms with Crippen LogP contribution in [0, 0.1) is 17.8 Å². The van der Waals surface area contributed by atoms with Gasteiger partial charge in [0.05, 0.1) is 0 Å². The van der Waals surface area contributed by atoms with Crippen molar-refractivity contribution in [1.82, 2.24) is 10.6 Å². The molecule has 2 amide bonds. The van der Waals surface area contributed by atoms with Crippen LogP contribution in [0.3, 0.4) is 0 Å². The lowest BCUT2D eigenvalue weighted by Crippen LogP contribution is -2.61. The van der Waals surface area contributed by atoms with E-state index in [4.69, 9.17) is 9.47 Å². The van der Waals surface area contributed by atoms with Crippen LogP contribution < -0.4 is 15.4 Å². The number of carbonyl (C=O) groups excluding carboxylic acids is 3. The van der Waals surface area contributed by atoms with Gasteiger partial charge in [0.15, 0.2) is 12.7 Å². The van der Waals surface area contributed by atoms with Gasteiger partial charge in [0.25, 0.3) is 11.8 Å². The first-order valence-corrected chi connectivity index (χ1v) is 11.3. The van der Waals surface area contributed by atoms with Crippen LogP contribution in [-0.4, -0.2) is 42.1 Å². The van der Waals surface area contributed by atoms with E-state index in [1.165, 1.54) is 26.2 Å². The summed E-state index contributed by atoms with van der Waals surface area (Å²) >= 11 is 0. The Morgan fingerprint density at radius 1 is 1.00 bits per heavy atom. The van der Waals surface area contributed by atoms with Crippen molar-refractivity contribution in [3.63, 3.8) is 0 Å². The second kappa shape index (κ2) is 8.89. The van der Waals surface area contributed by atoms with Crippen LogP contribution >= 0.6 is 0 Å². The van der Waals surface area contributed by atoms with Gasteiger partial charge in [0.1, 0.15) is 11.8 Å². The third-order valence-electron chi connectivity index (χ3n) is 6.93. The predicted octanol–water partition coefficient (Wildman–Crippen LogP) is 2.59. The highest BCUT2D eigenvalue weighted by atomic mass is 16.5. The molecule has 4 fully saturated rings. The molecule has 7 heteroatoms. The van der Waals surface area contributed by atoms with Gasteiger partial charge in [0, 0.05) is 5.54 Å². The summed E-state index contributed by atoms with van der Waals surface area (Å²) < 4.78 is 10.7. The molecule has 4 bridgehead atoms. The van der Waals surface area contributed by atoms with E-state index in [0.717, 1.165) is 37.0 Å². The summed E-state index contributed by atoms with van der Waals surface area (Å²) in [4.78, 5) is 37.2. The largest absolute Gasteiger partial charge is 0.484 e. The summed E-state index contributed by atoms with van der Waals surface area (Å²) in [6, 6.07) is 8.09.